The third-order valence-corrected chi connectivity index (χ3v) is 3.21. The molecule has 7 heteroatoms. The molecule has 0 N–H and O–H groups in total. The molecule has 0 spiro atoms. The highest BCUT2D eigenvalue weighted by atomic mass is 35.5. The fourth-order valence-electron chi connectivity index (χ4n) is 1.35. The van der Waals surface area contributed by atoms with E-state index in [-0.39, 0.29) is 10.2 Å². The monoisotopic (exact) mass is 298 g/mol. The van der Waals surface area contributed by atoms with Gasteiger partial charge in [0, 0.05) is 5.02 Å². The molecular formula is C12H11ClN2O3S. The molecule has 1 aromatic heterocycles. The zero-order chi connectivity index (χ0) is 13.8. The molecule has 5 nitrogen and oxygen atoms in total. The Balaban J connectivity index is 2.13. The molecule has 0 atom stereocenters. The maximum absolute atomic E-state index is 11.4. The summed E-state index contributed by atoms with van der Waals surface area (Å²) in [6, 6.07) is 5.24. The molecule has 0 saturated carbocycles. The minimum Gasteiger partial charge on any atom is -0.461 e. The third-order valence-electron chi connectivity index (χ3n) is 2.19. The first-order chi connectivity index (χ1) is 9.10. The van der Waals surface area contributed by atoms with Crippen molar-refractivity contribution in [3.63, 3.8) is 0 Å². The maximum atomic E-state index is 11.4. The summed E-state index contributed by atoms with van der Waals surface area (Å²) in [7, 11) is 0. The molecule has 0 bridgehead atoms. The largest absolute Gasteiger partial charge is 0.461 e. The predicted octanol–water partition coefficient (Wildman–Crippen LogP) is 3.47. The summed E-state index contributed by atoms with van der Waals surface area (Å²) in [6.07, 6.45) is 0. The normalized spacial score (nSPS) is 10.3. The molecule has 0 unspecified atom stereocenters. The Hall–Kier alpha value is -1.66. The van der Waals surface area contributed by atoms with Crippen molar-refractivity contribution in [2.75, 3.05) is 6.61 Å². The van der Waals surface area contributed by atoms with Crippen molar-refractivity contribution >= 4 is 28.9 Å². The van der Waals surface area contributed by atoms with E-state index in [4.69, 9.17) is 21.1 Å². The second-order valence-corrected chi connectivity index (χ2v) is 4.98. The zero-order valence-corrected chi connectivity index (χ0v) is 11.9. The minimum absolute atomic E-state index is 0.170. The number of carbonyl (C=O) groups excluding carboxylic acids is 1. The summed E-state index contributed by atoms with van der Waals surface area (Å²) in [6.45, 7) is 3.90. The lowest BCUT2D eigenvalue weighted by molar-refractivity contribution is 0.0525. The molecule has 2 rings (SSSR count). The van der Waals surface area contributed by atoms with E-state index in [0.29, 0.717) is 17.4 Å². The first-order valence-corrected chi connectivity index (χ1v) is 6.74. The smallest absolute Gasteiger partial charge is 0.369 e. The Kier molecular flexibility index (Phi) is 4.34. The molecular weight excluding hydrogens is 288 g/mol. The van der Waals surface area contributed by atoms with Crippen LogP contribution in [0.3, 0.4) is 0 Å². The first-order valence-electron chi connectivity index (χ1n) is 5.54. The summed E-state index contributed by atoms with van der Waals surface area (Å²) in [5.74, 6) is 0.124. The van der Waals surface area contributed by atoms with Gasteiger partial charge in [0.2, 0.25) is 5.01 Å². The van der Waals surface area contributed by atoms with E-state index in [2.05, 4.69) is 10.2 Å². The van der Waals surface area contributed by atoms with Crippen LogP contribution in [0.15, 0.2) is 18.2 Å². The molecule has 0 saturated heterocycles. The maximum Gasteiger partial charge on any atom is 0.369 e. The van der Waals surface area contributed by atoms with Gasteiger partial charge in [-0.3, -0.25) is 0 Å². The SMILES string of the molecule is CCOC(=O)c1nnc(Oc2ccc(Cl)cc2C)s1. The van der Waals surface area contributed by atoms with Gasteiger partial charge in [-0.2, -0.15) is 0 Å². The van der Waals surface area contributed by atoms with Gasteiger partial charge in [-0.05, 0) is 48.9 Å². The molecule has 19 heavy (non-hydrogen) atoms. The third kappa shape index (κ3) is 3.42. The number of rotatable bonds is 4. The van der Waals surface area contributed by atoms with Crippen LogP contribution < -0.4 is 4.74 Å². The zero-order valence-electron chi connectivity index (χ0n) is 10.3. The summed E-state index contributed by atoms with van der Waals surface area (Å²) >= 11 is 6.89. The van der Waals surface area contributed by atoms with Gasteiger partial charge in [0.05, 0.1) is 6.61 Å². The molecule has 1 aromatic carbocycles. The Morgan fingerprint density at radius 2 is 2.21 bits per heavy atom. The molecule has 2 aromatic rings. The van der Waals surface area contributed by atoms with Crippen LogP contribution in [0.2, 0.25) is 5.02 Å². The molecule has 0 radical (unpaired) electrons. The van der Waals surface area contributed by atoms with E-state index in [1.165, 1.54) is 0 Å². The van der Waals surface area contributed by atoms with Crippen molar-refractivity contribution in [1.29, 1.82) is 0 Å². The van der Waals surface area contributed by atoms with Crippen LogP contribution >= 0.6 is 22.9 Å². The van der Waals surface area contributed by atoms with Crippen molar-refractivity contribution in [3.8, 4) is 10.9 Å². The average molecular weight is 299 g/mol. The molecule has 1 heterocycles. The lowest BCUT2D eigenvalue weighted by atomic mass is 10.2. The van der Waals surface area contributed by atoms with Gasteiger partial charge in [0.15, 0.2) is 0 Å². The lowest BCUT2D eigenvalue weighted by Crippen LogP contribution is -2.03. The van der Waals surface area contributed by atoms with E-state index in [9.17, 15) is 4.79 Å². The quantitative estimate of drug-likeness (QED) is 0.809. The van der Waals surface area contributed by atoms with Crippen LogP contribution in [0.25, 0.3) is 0 Å². The Morgan fingerprint density at radius 1 is 1.42 bits per heavy atom. The van der Waals surface area contributed by atoms with E-state index >= 15 is 0 Å². The minimum atomic E-state index is -0.498. The fraction of sp³-hybridized carbons (Fsp3) is 0.250. The number of aromatic nitrogens is 2. The van der Waals surface area contributed by atoms with Crippen molar-refractivity contribution in [1.82, 2.24) is 10.2 Å². The molecule has 0 aliphatic carbocycles. The summed E-state index contributed by atoms with van der Waals surface area (Å²) in [5, 5.41) is 8.60. The van der Waals surface area contributed by atoms with Crippen LogP contribution in [-0.2, 0) is 4.74 Å². The predicted molar refractivity (Wildman–Crippen MR) is 72.1 cm³/mol. The molecule has 0 aliphatic rings. The summed E-state index contributed by atoms with van der Waals surface area (Å²) in [5.41, 5.74) is 0.875. The molecule has 0 fully saturated rings. The van der Waals surface area contributed by atoms with Crippen molar-refractivity contribution < 1.29 is 14.3 Å². The number of esters is 1. The number of hydrogen-bond acceptors (Lipinski definition) is 6. The summed E-state index contributed by atoms with van der Waals surface area (Å²) in [4.78, 5) is 11.4. The van der Waals surface area contributed by atoms with E-state index in [1.807, 2.05) is 6.92 Å². The Bertz CT molecular complexity index is 600. The number of ether oxygens (including phenoxy) is 2. The topological polar surface area (TPSA) is 61.3 Å². The second-order valence-electron chi connectivity index (χ2n) is 3.61. The van der Waals surface area contributed by atoms with Crippen LogP contribution in [0.1, 0.15) is 22.3 Å². The van der Waals surface area contributed by atoms with Gasteiger partial charge in [-0.15, -0.1) is 5.10 Å². The van der Waals surface area contributed by atoms with E-state index < -0.39 is 5.97 Å². The van der Waals surface area contributed by atoms with Crippen LogP contribution in [0.4, 0.5) is 0 Å². The highest BCUT2D eigenvalue weighted by Crippen LogP contribution is 2.29. The van der Waals surface area contributed by atoms with Gasteiger partial charge in [0.25, 0.3) is 5.19 Å². The number of hydrogen-bond donors (Lipinski definition) is 0. The number of halogens is 1. The number of benzene rings is 1. The van der Waals surface area contributed by atoms with E-state index in [0.717, 1.165) is 16.9 Å². The van der Waals surface area contributed by atoms with Crippen LogP contribution in [-0.4, -0.2) is 22.8 Å². The van der Waals surface area contributed by atoms with Gasteiger partial charge < -0.3 is 9.47 Å². The Morgan fingerprint density at radius 3 is 2.89 bits per heavy atom. The van der Waals surface area contributed by atoms with Gasteiger partial charge in [-0.1, -0.05) is 16.7 Å². The van der Waals surface area contributed by atoms with Crippen LogP contribution in [0, 0.1) is 6.92 Å². The van der Waals surface area contributed by atoms with Crippen molar-refractivity contribution in [2.45, 2.75) is 13.8 Å². The highest BCUT2D eigenvalue weighted by Gasteiger charge is 2.15. The highest BCUT2D eigenvalue weighted by molar-refractivity contribution is 7.14. The van der Waals surface area contributed by atoms with Gasteiger partial charge >= 0.3 is 5.97 Å². The average Bonchev–Trinajstić information content (AvgIpc) is 2.82. The van der Waals surface area contributed by atoms with Gasteiger partial charge in [-0.25, -0.2) is 4.79 Å². The number of carbonyl (C=O) groups is 1. The number of nitrogens with zero attached hydrogens (tertiary/aromatic N) is 2. The van der Waals surface area contributed by atoms with Crippen molar-refractivity contribution in [2.24, 2.45) is 0 Å². The Labute approximate surface area is 119 Å². The van der Waals surface area contributed by atoms with Crippen LogP contribution in [0.5, 0.6) is 10.9 Å². The summed E-state index contributed by atoms with van der Waals surface area (Å²) < 4.78 is 10.4. The number of aryl methyl sites for hydroxylation is 1. The molecule has 100 valence electrons. The van der Waals surface area contributed by atoms with E-state index in [1.54, 1.807) is 25.1 Å². The van der Waals surface area contributed by atoms with Gasteiger partial charge in [0.1, 0.15) is 5.75 Å². The molecule has 0 amide bonds. The van der Waals surface area contributed by atoms with Crippen molar-refractivity contribution in [3.05, 3.63) is 33.8 Å². The lowest BCUT2D eigenvalue weighted by Gasteiger charge is -2.04. The second kappa shape index (κ2) is 5.99. The fourth-order valence-corrected chi connectivity index (χ4v) is 2.18. The molecule has 0 aliphatic heterocycles. The first kappa shape index (κ1) is 13.8. The standard InChI is InChI=1S/C12H11ClN2O3S/c1-3-17-11(16)10-14-15-12(19-10)18-9-5-4-8(13)6-7(9)2/h4-6H,3H2,1-2H3.